The molecule has 0 bridgehead atoms. The first-order valence-electron chi connectivity index (χ1n) is 9.94. The highest BCUT2D eigenvalue weighted by molar-refractivity contribution is 5.94. The van der Waals surface area contributed by atoms with Crippen LogP contribution in [0.3, 0.4) is 0 Å². The number of nitrogens with zero attached hydrogens (tertiary/aromatic N) is 1. The molecule has 3 rings (SSSR count). The molecule has 152 valence electrons. The molecule has 3 aromatic carbocycles. The van der Waals surface area contributed by atoms with E-state index in [1.165, 1.54) is 0 Å². The van der Waals surface area contributed by atoms with Crippen LogP contribution in [0.25, 0.3) is 0 Å². The lowest BCUT2D eigenvalue weighted by Gasteiger charge is -2.05. The highest BCUT2D eigenvalue weighted by Gasteiger charge is 2.03. The van der Waals surface area contributed by atoms with Crippen LogP contribution in [0.1, 0.15) is 49.2 Å². The van der Waals surface area contributed by atoms with Crippen LogP contribution in [0.5, 0.6) is 11.5 Å². The van der Waals surface area contributed by atoms with E-state index in [1.807, 2.05) is 101 Å². The number of aryl methyl sites for hydroxylation is 1. The van der Waals surface area contributed by atoms with E-state index < -0.39 is 0 Å². The molecule has 1 N–H and O–H groups in total. The summed E-state index contributed by atoms with van der Waals surface area (Å²) in [5.41, 5.74) is 5.04. The maximum atomic E-state index is 12.0. The van der Waals surface area contributed by atoms with Crippen LogP contribution < -0.4 is 10.2 Å². The molecule has 29 heavy (non-hydrogen) atoms. The fourth-order valence-corrected chi connectivity index (χ4v) is 2.22. The van der Waals surface area contributed by atoms with Crippen LogP contribution in [-0.2, 0) is 0 Å². The monoisotopic (exact) mass is 390 g/mol. The molecule has 0 unspecified atom stereocenters. The largest absolute Gasteiger partial charge is 0.457 e. The third-order valence-electron chi connectivity index (χ3n) is 3.53. The van der Waals surface area contributed by atoms with E-state index in [0.717, 1.165) is 16.9 Å². The van der Waals surface area contributed by atoms with Gasteiger partial charge in [-0.15, -0.1) is 0 Å². The summed E-state index contributed by atoms with van der Waals surface area (Å²) in [5, 5.41) is 4.01. The van der Waals surface area contributed by atoms with Crippen LogP contribution in [0.4, 0.5) is 0 Å². The van der Waals surface area contributed by atoms with E-state index in [9.17, 15) is 4.79 Å². The molecule has 3 aromatic rings. The number of carbonyl (C=O) groups excluding carboxylic acids is 1. The van der Waals surface area contributed by atoms with Gasteiger partial charge in [-0.3, -0.25) is 4.79 Å². The van der Waals surface area contributed by atoms with Gasteiger partial charge in [0.2, 0.25) is 0 Å². The van der Waals surface area contributed by atoms with Gasteiger partial charge >= 0.3 is 0 Å². The van der Waals surface area contributed by atoms with E-state index >= 15 is 0 Å². The summed E-state index contributed by atoms with van der Waals surface area (Å²) in [6.07, 6.45) is 1.59. The smallest absolute Gasteiger partial charge is 0.271 e. The molecule has 0 atom stereocenters. The molecule has 1 amide bonds. The number of nitrogens with one attached hydrogen (secondary N) is 1. The lowest BCUT2D eigenvalue weighted by molar-refractivity contribution is 0.0955. The third-order valence-corrected chi connectivity index (χ3v) is 3.53. The second-order valence-corrected chi connectivity index (χ2v) is 5.55. The molecule has 0 radical (unpaired) electrons. The van der Waals surface area contributed by atoms with Crippen molar-refractivity contribution in [1.82, 2.24) is 5.43 Å². The average Bonchev–Trinajstić information content (AvgIpc) is 2.78. The Morgan fingerprint density at radius 1 is 0.828 bits per heavy atom. The van der Waals surface area contributed by atoms with Crippen LogP contribution in [-0.4, -0.2) is 12.1 Å². The number of hydrogen-bond donors (Lipinski definition) is 1. The first-order valence-corrected chi connectivity index (χ1v) is 9.94. The van der Waals surface area contributed by atoms with Gasteiger partial charge in [-0.05, 0) is 48.9 Å². The standard InChI is InChI=1S/C21H18N2O2.2C2H6/c1-16-10-12-18(13-11-16)21(24)23-22-15-17-6-5-9-20(14-17)25-19-7-3-2-4-8-19;2*1-2/h2-15H,1H3,(H,23,24);2*1-2H3/b22-15+;;. The van der Waals surface area contributed by atoms with Gasteiger partial charge in [0.1, 0.15) is 11.5 Å². The number of amides is 1. The van der Waals surface area contributed by atoms with Crippen molar-refractivity contribution < 1.29 is 9.53 Å². The summed E-state index contributed by atoms with van der Waals surface area (Å²) in [6, 6.07) is 24.4. The van der Waals surface area contributed by atoms with Crippen LogP contribution in [0, 0.1) is 6.92 Å². The van der Waals surface area contributed by atoms with Crippen molar-refractivity contribution in [2.75, 3.05) is 0 Å². The first-order chi connectivity index (χ1) is 14.2. The summed E-state index contributed by atoms with van der Waals surface area (Å²) < 4.78 is 5.78. The molecule has 0 aliphatic carbocycles. The Bertz CT molecular complexity index is 873. The van der Waals surface area contributed by atoms with E-state index in [1.54, 1.807) is 18.3 Å². The van der Waals surface area contributed by atoms with Gasteiger partial charge in [0.25, 0.3) is 5.91 Å². The molecule has 0 fully saturated rings. The molecule has 0 saturated carbocycles. The molecular weight excluding hydrogens is 360 g/mol. The Kier molecular flexibility index (Phi) is 11.2. The Balaban J connectivity index is 0.000000989. The van der Waals surface area contributed by atoms with Gasteiger partial charge < -0.3 is 4.74 Å². The molecule has 0 saturated heterocycles. The number of ether oxygens (including phenoxy) is 1. The lowest BCUT2D eigenvalue weighted by Crippen LogP contribution is -2.17. The lowest BCUT2D eigenvalue weighted by atomic mass is 10.1. The number of para-hydroxylation sites is 1. The van der Waals surface area contributed by atoms with Crippen molar-refractivity contribution in [3.05, 3.63) is 95.6 Å². The Labute approximate surface area is 174 Å². The van der Waals surface area contributed by atoms with Crippen molar-refractivity contribution in [3.63, 3.8) is 0 Å². The zero-order valence-corrected chi connectivity index (χ0v) is 17.8. The molecule has 4 nitrogen and oxygen atoms in total. The van der Waals surface area contributed by atoms with Crippen molar-refractivity contribution >= 4 is 12.1 Å². The normalized spacial score (nSPS) is 9.55. The molecule has 4 heteroatoms. The first kappa shape index (κ1) is 23.6. The van der Waals surface area contributed by atoms with E-state index in [0.29, 0.717) is 11.3 Å². The Hall–Kier alpha value is -3.40. The maximum absolute atomic E-state index is 12.0. The highest BCUT2D eigenvalue weighted by Crippen LogP contribution is 2.21. The van der Waals surface area contributed by atoms with Gasteiger partial charge in [-0.2, -0.15) is 5.10 Å². The number of rotatable bonds is 5. The molecule has 0 spiro atoms. The fourth-order valence-electron chi connectivity index (χ4n) is 2.22. The van der Waals surface area contributed by atoms with Crippen molar-refractivity contribution in [3.8, 4) is 11.5 Å². The number of hydrogen-bond acceptors (Lipinski definition) is 3. The summed E-state index contributed by atoms with van der Waals surface area (Å²) in [7, 11) is 0. The maximum Gasteiger partial charge on any atom is 0.271 e. The summed E-state index contributed by atoms with van der Waals surface area (Å²) in [5.74, 6) is 1.23. The van der Waals surface area contributed by atoms with Gasteiger partial charge in [0.05, 0.1) is 6.21 Å². The minimum absolute atomic E-state index is 0.243. The van der Waals surface area contributed by atoms with Gasteiger partial charge in [-0.1, -0.05) is 75.7 Å². The highest BCUT2D eigenvalue weighted by atomic mass is 16.5. The van der Waals surface area contributed by atoms with Gasteiger partial charge in [-0.25, -0.2) is 5.43 Å². The summed E-state index contributed by atoms with van der Waals surface area (Å²) in [6.45, 7) is 9.98. The number of hydrazone groups is 1. The molecule has 0 aliphatic heterocycles. The van der Waals surface area contributed by atoms with Gasteiger partial charge in [0.15, 0.2) is 0 Å². The molecular formula is C25H30N2O2. The van der Waals surface area contributed by atoms with E-state index in [-0.39, 0.29) is 5.91 Å². The zero-order chi connectivity index (χ0) is 21.5. The summed E-state index contributed by atoms with van der Waals surface area (Å²) >= 11 is 0. The third kappa shape index (κ3) is 8.43. The fraction of sp³-hybridized carbons (Fsp3) is 0.200. The minimum Gasteiger partial charge on any atom is -0.457 e. The van der Waals surface area contributed by atoms with Crippen molar-refractivity contribution in [1.29, 1.82) is 0 Å². The van der Waals surface area contributed by atoms with E-state index in [2.05, 4.69) is 10.5 Å². The molecule has 0 heterocycles. The van der Waals surface area contributed by atoms with Crippen LogP contribution >= 0.6 is 0 Å². The Morgan fingerprint density at radius 2 is 1.45 bits per heavy atom. The topological polar surface area (TPSA) is 50.7 Å². The molecule has 0 aliphatic rings. The predicted octanol–water partition coefficient (Wildman–Crippen LogP) is 6.60. The second kappa shape index (κ2) is 13.7. The van der Waals surface area contributed by atoms with Crippen LogP contribution in [0.15, 0.2) is 84.0 Å². The SMILES string of the molecule is CC.CC.Cc1ccc(C(=O)N/N=C/c2cccc(Oc3ccccc3)c2)cc1. The average molecular weight is 391 g/mol. The van der Waals surface area contributed by atoms with Crippen molar-refractivity contribution in [2.45, 2.75) is 34.6 Å². The predicted molar refractivity (Wildman–Crippen MR) is 122 cm³/mol. The van der Waals surface area contributed by atoms with Crippen LogP contribution in [0.2, 0.25) is 0 Å². The number of benzene rings is 3. The van der Waals surface area contributed by atoms with Gasteiger partial charge in [0, 0.05) is 5.56 Å². The zero-order valence-electron chi connectivity index (χ0n) is 17.8. The minimum atomic E-state index is -0.243. The summed E-state index contributed by atoms with van der Waals surface area (Å²) in [4.78, 5) is 12.0. The molecule has 0 aromatic heterocycles. The quantitative estimate of drug-likeness (QED) is 0.394. The Morgan fingerprint density at radius 3 is 2.10 bits per heavy atom. The second-order valence-electron chi connectivity index (χ2n) is 5.55. The number of carbonyl (C=O) groups is 1. The van der Waals surface area contributed by atoms with E-state index in [4.69, 9.17) is 4.74 Å². The van der Waals surface area contributed by atoms with Crippen molar-refractivity contribution in [2.24, 2.45) is 5.10 Å².